The Hall–Kier alpha value is -2.11. The number of carbonyl (C=O) groups is 1. The van der Waals surface area contributed by atoms with Crippen LogP contribution in [0.3, 0.4) is 0 Å². The fourth-order valence-corrected chi connectivity index (χ4v) is 1.67. The summed E-state index contributed by atoms with van der Waals surface area (Å²) >= 11 is 0. The van der Waals surface area contributed by atoms with Gasteiger partial charge in [-0.1, -0.05) is 19.0 Å². The molecule has 1 amide bonds. The minimum absolute atomic E-state index is 0.00315. The molecule has 0 bridgehead atoms. The Morgan fingerprint density at radius 2 is 2.30 bits per heavy atom. The quantitative estimate of drug-likeness (QED) is 0.840. The monoisotopic (exact) mass is 277 g/mol. The van der Waals surface area contributed by atoms with E-state index < -0.39 is 0 Å². The molecule has 6 heteroatoms. The average Bonchev–Trinajstić information content (AvgIpc) is 3.06. The lowest BCUT2D eigenvalue weighted by atomic mass is 10.1. The zero-order valence-corrected chi connectivity index (χ0v) is 11.8. The normalized spacial score (nSPS) is 10.9. The van der Waals surface area contributed by atoms with E-state index in [0.29, 0.717) is 42.8 Å². The van der Waals surface area contributed by atoms with Crippen molar-refractivity contribution in [2.45, 2.75) is 33.1 Å². The van der Waals surface area contributed by atoms with E-state index in [9.17, 15) is 4.79 Å². The SMILES string of the molecule is CC(C)CCNC(=O)CCc1nc(-c2ccco2)no1. The Bertz CT molecular complexity index is 532. The Balaban J connectivity index is 1.75. The first kappa shape index (κ1) is 14.3. The van der Waals surface area contributed by atoms with Crippen LogP contribution >= 0.6 is 0 Å². The van der Waals surface area contributed by atoms with Crippen molar-refractivity contribution in [3.05, 3.63) is 24.3 Å². The minimum atomic E-state index is 0.00315. The lowest BCUT2D eigenvalue weighted by molar-refractivity contribution is -0.121. The van der Waals surface area contributed by atoms with Crippen molar-refractivity contribution >= 4 is 5.91 Å². The highest BCUT2D eigenvalue weighted by atomic mass is 16.5. The molecule has 0 atom stereocenters. The summed E-state index contributed by atoms with van der Waals surface area (Å²) in [7, 11) is 0. The van der Waals surface area contributed by atoms with Gasteiger partial charge < -0.3 is 14.3 Å². The molecule has 1 N–H and O–H groups in total. The van der Waals surface area contributed by atoms with Gasteiger partial charge >= 0.3 is 0 Å². The van der Waals surface area contributed by atoms with Crippen LogP contribution in [0.1, 0.15) is 32.6 Å². The van der Waals surface area contributed by atoms with Crippen LogP contribution in [0, 0.1) is 5.92 Å². The number of hydrogen-bond donors (Lipinski definition) is 1. The van der Waals surface area contributed by atoms with E-state index in [1.54, 1.807) is 18.4 Å². The number of hydrogen-bond acceptors (Lipinski definition) is 5. The van der Waals surface area contributed by atoms with Crippen molar-refractivity contribution in [1.29, 1.82) is 0 Å². The number of nitrogens with one attached hydrogen (secondary N) is 1. The van der Waals surface area contributed by atoms with Crippen LogP contribution in [0.4, 0.5) is 0 Å². The van der Waals surface area contributed by atoms with Gasteiger partial charge in [0.2, 0.25) is 17.6 Å². The van der Waals surface area contributed by atoms with Gasteiger partial charge in [-0.3, -0.25) is 4.79 Å². The highest BCUT2D eigenvalue weighted by Crippen LogP contribution is 2.16. The Labute approximate surface area is 117 Å². The van der Waals surface area contributed by atoms with Crippen LogP contribution in [-0.4, -0.2) is 22.6 Å². The Morgan fingerprint density at radius 3 is 3.00 bits per heavy atom. The summed E-state index contributed by atoms with van der Waals surface area (Å²) in [5.74, 6) is 1.99. The summed E-state index contributed by atoms with van der Waals surface area (Å²) in [6, 6.07) is 3.51. The number of carbonyl (C=O) groups excluding carboxylic acids is 1. The van der Waals surface area contributed by atoms with Crippen LogP contribution in [0.15, 0.2) is 27.3 Å². The molecule has 2 aromatic rings. The van der Waals surface area contributed by atoms with Gasteiger partial charge in [-0.05, 0) is 24.5 Å². The Morgan fingerprint density at radius 1 is 1.45 bits per heavy atom. The second-order valence-electron chi connectivity index (χ2n) is 5.02. The van der Waals surface area contributed by atoms with Crippen molar-refractivity contribution in [3.63, 3.8) is 0 Å². The van der Waals surface area contributed by atoms with Gasteiger partial charge in [-0.25, -0.2) is 0 Å². The van der Waals surface area contributed by atoms with Crippen LogP contribution < -0.4 is 5.32 Å². The molecule has 0 aliphatic rings. The van der Waals surface area contributed by atoms with Crippen molar-refractivity contribution in [2.24, 2.45) is 5.92 Å². The molecule has 2 rings (SSSR count). The third-order valence-corrected chi connectivity index (χ3v) is 2.82. The summed E-state index contributed by atoms with van der Waals surface area (Å²) in [5.41, 5.74) is 0. The molecule has 0 unspecified atom stereocenters. The van der Waals surface area contributed by atoms with E-state index in [0.717, 1.165) is 6.42 Å². The minimum Gasteiger partial charge on any atom is -0.461 e. The van der Waals surface area contributed by atoms with Gasteiger partial charge in [-0.2, -0.15) is 4.98 Å². The largest absolute Gasteiger partial charge is 0.461 e. The molecule has 0 spiro atoms. The molecule has 2 aromatic heterocycles. The van der Waals surface area contributed by atoms with Crippen LogP contribution in [-0.2, 0) is 11.2 Å². The summed E-state index contributed by atoms with van der Waals surface area (Å²) in [6.07, 6.45) is 3.31. The standard InChI is InChI=1S/C14H19N3O3/c1-10(2)7-8-15-12(18)5-6-13-16-14(17-20-13)11-4-3-9-19-11/h3-4,9-10H,5-8H2,1-2H3,(H,15,18). The van der Waals surface area contributed by atoms with E-state index in [1.165, 1.54) is 0 Å². The second kappa shape index (κ2) is 6.88. The van der Waals surface area contributed by atoms with Crippen molar-refractivity contribution < 1.29 is 13.7 Å². The predicted molar refractivity (Wildman–Crippen MR) is 72.8 cm³/mol. The van der Waals surface area contributed by atoms with E-state index in [4.69, 9.17) is 8.94 Å². The van der Waals surface area contributed by atoms with Crippen molar-refractivity contribution in [3.8, 4) is 11.6 Å². The van der Waals surface area contributed by atoms with Gasteiger partial charge in [0.25, 0.3) is 0 Å². The first-order valence-corrected chi connectivity index (χ1v) is 6.78. The maximum Gasteiger partial charge on any atom is 0.238 e. The third-order valence-electron chi connectivity index (χ3n) is 2.82. The lowest BCUT2D eigenvalue weighted by Crippen LogP contribution is -2.25. The number of rotatable bonds is 7. The van der Waals surface area contributed by atoms with Crippen molar-refractivity contribution in [1.82, 2.24) is 15.5 Å². The number of aromatic nitrogens is 2. The van der Waals surface area contributed by atoms with Gasteiger partial charge in [0, 0.05) is 19.4 Å². The van der Waals surface area contributed by atoms with E-state index in [-0.39, 0.29) is 5.91 Å². The summed E-state index contributed by atoms with van der Waals surface area (Å²) < 4.78 is 10.3. The van der Waals surface area contributed by atoms with Crippen LogP contribution in [0.5, 0.6) is 0 Å². The molecule has 0 aliphatic heterocycles. The fraction of sp³-hybridized carbons (Fsp3) is 0.500. The average molecular weight is 277 g/mol. The van der Waals surface area contributed by atoms with E-state index in [1.807, 2.05) is 0 Å². The van der Waals surface area contributed by atoms with Gasteiger partial charge in [-0.15, -0.1) is 0 Å². The topological polar surface area (TPSA) is 81.2 Å². The molecular weight excluding hydrogens is 258 g/mol. The molecule has 0 saturated heterocycles. The Kier molecular flexibility index (Phi) is 4.92. The first-order valence-electron chi connectivity index (χ1n) is 6.78. The molecule has 108 valence electrons. The number of aryl methyl sites for hydroxylation is 1. The highest BCUT2D eigenvalue weighted by Gasteiger charge is 2.12. The van der Waals surface area contributed by atoms with Crippen LogP contribution in [0.2, 0.25) is 0 Å². The molecule has 2 heterocycles. The van der Waals surface area contributed by atoms with Crippen molar-refractivity contribution in [2.75, 3.05) is 6.54 Å². The zero-order chi connectivity index (χ0) is 14.4. The third kappa shape index (κ3) is 4.22. The van der Waals surface area contributed by atoms with Gasteiger partial charge in [0.15, 0.2) is 5.76 Å². The maximum absolute atomic E-state index is 11.6. The highest BCUT2D eigenvalue weighted by molar-refractivity contribution is 5.75. The molecule has 0 radical (unpaired) electrons. The lowest BCUT2D eigenvalue weighted by Gasteiger charge is -2.05. The number of furan rings is 1. The van der Waals surface area contributed by atoms with Gasteiger partial charge in [0.05, 0.1) is 6.26 Å². The van der Waals surface area contributed by atoms with E-state index in [2.05, 4.69) is 29.3 Å². The smallest absolute Gasteiger partial charge is 0.238 e. The fourth-order valence-electron chi connectivity index (χ4n) is 1.67. The summed E-state index contributed by atoms with van der Waals surface area (Å²) in [6.45, 7) is 4.96. The second-order valence-corrected chi connectivity index (χ2v) is 5.02. The molecule has 0 aliphatic carbocycles. The molecular formula is C14H19N3O3. The summed E-state index contributed by atoms with van der Waals surface area (Å²) in [5, 5.41) is 6.68. The molecule has 0 saturated carbocycles. The molecule has 0 aromatic carbocycles. The zero-order valence-electron chi connectivity index (χ0n) is 11.8. The first-order chi connectivity index (χ1) is 9.65. The van der Waals surface area contributed by atoms with Crippen LogP contribution in [0.25, 0.3) is 11.6 Å². The number of nitrogens with zero attached hydrogens (tertiary/aromatic N) is 2. The summed E-state index contributed by atoms with van der Waals surface area (Å²) in [4.78, 5) is 15.8. The maximum atomic E-state index is 11.6. The number of amides is 1. The van der Waals surface area contributed by atoms with Gasteiger partial charge in [0.1, 0.15) is 0 Å². The molecule has 6 nitrogen and oxygen atoms in total. The van der Waals surface area contributed by atoms with E-state index >= 15 is 0 Å². The molecule has 20 heavy (non-hydrogen) atoms. The predicted octanol–water partition coefficient (Wildman–Crippen LogP) is 2.42. The molecule has 0 fully saturated rings.